The van der Waals surface area contributed by atoms with E-state index in [-0.39, 0.29) is 17.1 Å². The van der Waals surface area contributed by atoms with E-state index in [4.69, 9.17) is 4.98 Å². The van der Waals surface area contributed by atoms with Crippen LogP contribution in [0.4, 0.5) is 0 Å². The molecule has 0 atom stereocenters. The molecule has 152 valence electrons. The summed E-state index contributed by atoms with van der Waals surface area (Å²) < 4.78 is 25.4. The van der Waals surface area contributed by atoms with Crippen LogP contribution in [-0.4, -0.2) is 29.8 Å². The Morgan fingerprint density at radius 2 is 1.73 bits per heavy atom. The number of pyridine rings is 1. The maximum absolute atomic E-state index is 12.7. The molecule has 0 unspecified atom stereocenters. The van der Waals surface area contributed by atoms with E-state index < -0.39 is 9.84 Å². The smallest absolute Gasteiger partial charge is 0.175 e. The van der Waals surface area contributed by atoms with Crippen LogP contribution in [0.5, 0.6) is 0 Å². The number of fused-ring (bicyclic) bond motifs is 1. The first kappa shape index (κ1) is 20.0. The third-order valence-corrected chi connectivity index (χ3v) is 6.33. The third-order valence-electron chi connectivity index (χ3n) is 5.22. The number of imidazole rings is 1. The first-order chi connectivity index (χ1) is 14.2. The van der Waals surface area contributed by atoms with E-state index in [1.54, 1.807) is 19.1 Å². The second-order valence-electron chi connectivity index (χ2n) is 7.59. The molecular weight excluding hydrogens is 396 g/mol. The summed E-state index contributed by atoms with van der Waals surface area (Å²) in [6, 6.07) is 16.5. The molecule has 0 fully saturated rings. The van der Waals surface area contributed by atoms with E-state index in [0.717, 1.165) is 34.3 Å². The Morgan fingerprint density at radius 1 is 1.00 bits per heavy atom. The zero-order chi connectivity index (χ0) is 21.5. The number of nitrogens with zero attached hydrogens (tertiary/aromatic N) is 2. The minimum absolute atomic E-state index is 0.0383. The molecule has 0 saturated carbocycles. The van der Waals surface area contributed by atoms with Crippen molar-refractivity contribution in [1.82, 2.24) is 9.38 Å². The van der Waals surface area contributed by atoms with Crippen molar-refractivity contribution in [1.29, 1.82) is 0 Å². The van der Waals surface area contributed by atoms with Crippen LogP contribution in [0.15, 0.2) is 71.9 Å². The van der Waals surface area contributed by atoms with Gasteiger partial charge in [-0.3, -0.25) is 4.79 Å². The van der Waals surface area contributed by atoms with E-state index in [2.05, 4.69) is 0 Å². The summed E-state index contributed by atoms with van der Waals surface area (Å²) >= 11 is 0. The lowest BCUT2D eigenvalue weighted by molar-refractivity contribution is 0.0992. The van der Waals surface area contributed by atoms with Gasteiger partial charge in [-0.05, 0) is 54.8 Å². The fourth-order valence-electron chi connectivity index (χ4n) is 3.55. The molecule has 2 aromatic heterocycles. The van der Waals surface area contributed by atoms with Crippen LogP contribution in [0, 0.1) is 13.8 Å². The number of aryl methyl sites for hydroxylation is 2. The molecule has 0 aliphatic rings. The molecule has 5 nitrogen and oxygen atoms in total. The molecule has 0 radical (unpaired) electrons. The summed E-state index contributed by atoms with van der Waals surface area (Å²) in [5.74, 6) is -0.0383. The molecule has 6 heteroatoms. The van der Waals surface area contributed by atoms with Crippen molar-refractivity contribution >= 4 is 21.3 Å². The van der Waals surface area contributed by atoms with E-state index in [9.17, 15) is 13.2 Å². The Bertz CT molecular complexity index is 1370. The predicted molar refractivity (Wildman–Crippen MR) is 118 cm³/mol. The lowest BCUT2D eigenvalue weighted by atomic mass is 9.98. The Labute approximate surface area is 175 Å². The Balaban J connectivity index is 1.54. The Hall–Kier alpha value is -3.25. The zero-order valence-corrected chi connectivity index (χ0v) is 17.9. The fraction of sp³-hybridized carbons (Fsp3) is 0.167. The highest BCUT2D eigenvalue weighted by molar-refractivity contribution is 7.90. The summed E-state index contributed by atoms with van der Waals surface area (Å²) in [5.41, 5.74) is 6.03. The number of Topliss-reactive ketones (excluding diaryl/α,β-unsaturated/α-hetero) is 1. The molecule has 0 aliphatic heterocycles. The highest BCUT2D eigenvalue weighted by atomic mass is 32.2. The highest BCUT2D eigenvalue weighted by Gasteiger charge is 2.14. The average Bonchev–Trinajstić information content (AvgIpc) is 3.13. The summed E-state index contributed by atoms with van der Waals surface area (Å²) in [4.78, 5) is 17.7. The standard InChI is InChI=1S/C24H22N2O3S/c1-16-5-4-12-26-15-22(25-24(16)26)19-8-6-18(7-9-19)14-23(27)21-11-10-20(13-17(21)2)30(3,28)29/h4-13,15H,14H2,1-3H3. The number of aromatic nitrogens is 2. The number of ketones is 1. The maximum atomic E-state index is 12.7. The molecule has 30 heavy (non-hydrogen) atoms. The van der Waals surface area contributed by atoms with Gasteiger partial charge in [0.15, 0.2) is 15.6 Å². The summed E-state index contributed by atoms with van der Waals surface area (Å²) in [6.45, 7) is 3.79. The van der Waals surface area contributed by atoms with Crippen molar-refractivity contribution in [3.05, 3.63) is 89.2 Å². The van der Waals surface area contributed by atoms with E-state index in [1.807, 2.05) is 60.1 Å². The van der Waals surface area contributed by atoms with Gasteiger partial charge in [0.25, 0.3) is 0 Å². The highest BCUT2D eigenvalue weighted by Crippen LogP contribution is 2.22. The van der Waals surface area contributed by atoms with Crippen LogP contribution in [0.25, 0.3) is 16.9 Å². The number of sulfone groups is 1. The number of hydrogen-bond donors (Lipinski definition) is 0. The van der Waals surface area contributed by atoms with E-state index in [0.29, 0.717) is 11.1 Å². The minimum atomic E-state index is -3.29. The van der Waals surface area contributed by atoms with Crippen LogP contribution in [0.3, 0.4) is 0 Å². The molecule has 0 amide bonds. The topological polar surface area (TPSA) is 68.5 Å². The quantitative estimate of drug-likeness (QED) is 0.449. The van der Waals surface area contributed by atoms with E-state index in [1.165, 1.54) is 6.07 Å². The van der Waals surface area contributed by atoms with Gasteiger partial charge in [-0.25, -0.2) is 13.4 Å². The van der Waals surface area contributed by atoms with E-state index >= 15 is 0 Å². The molecule has 0 N–H and O–H groups in total. The van der Waals surface area contributed by atoms with Crippen LogP contribution in [0.2, 0.25) is 0 Å². The van der Waals surface area contributed by atoms with Crippen LogP contribution in [-0.2, 0) is 16.3 Å². The van der Waals surface area contributed by atoms with Gasteiger partial charge in [0, 0.05) is 36.2 Å². The number of rotatable bonds is 5. The molecule has 0 spiro atoms. The second-order valence-corrected chi connectivity index (χ2v) is 9.61. The summed E-state index contributed by atoms with van der Waals surface area (Å²) in [7, 11) is -3.29. The van der Waals surface area contributed by atoms with Gasteiger partial charge >= 0.3 is 0 Å². The number of carbonyl (C=O) groups is 1. The van der Waals surface area contributed by atoms with Crippen LogP contribution in [0.1, 0.15) is 27.0 Å². The third kappa shape index (κ3) is 3.91. The first-order valence-corrected chi connectivity index (χ1v) is 11.5. The molecule has 0 saturated heterocycles. The summed E-state index contributed by atoms with van der Waals surface area (Å²) in [5, 5.41) is 0. The lowest BCUT2D eigenvalue weighted by Crippen LogP contribution is -2.07. The Kier molecular flexibility index (Phi) is 5.03. The van der Waals surface area contributed by atoms with Crippen molar-refractivity contribution in [2.75, 3.05) is 6.26 Å². The first-order valence-electron chi connectivity index (χ1n) is 9.60. The molecule has 2 aromatic carbocycles. The van der Waals surface area contributed by atoms with Gasteiger partial charge in [0.05, 0.1) is 10.6 Å². The van der Waals surface area contributed by atoms with Crippen LogP contribution < -0.4 is 0 Å². The van der Waals surface area contributed by atoms with Crippen molar-refractivity contribution in [3.8, 4) is 11.3 Å². The maximum Gasteiger partial charge on any atom is 0.175 e. The summed E-state index contributed by atoms with van der Waals surface area (Å²) in [6.07, 6.45) is 5.39. The van der Waals surface area contributed by atoms with Crippen molar-refractivity contribution in [2.45, 2.75) is 25.2 Å². The molecular formula is C24H22N2O3S. The number of carbonyl (C=O) groups excluding carboxylic acids is 1. The van der Waals surface area contributed by atoms with Gasteiger partial charge in [-0.15, -0.1) is 0 Å². The predicted octanol–water partition coefficient (Wildman–Crippen LogP) is 4.45. The zero-order valence-electron chi connectivity index (χ0n) is 17.1. The van der Waals surface area contributed by atoms with Gasteiger partial charge in [0.1, 0.15) is 5.65 Å². The largest absolute Gasteiger partial charge is 0.306 e. The molecule has 0 aliphatic carbocycles. The van der Waals surface area contributed by atoms with Crippen molar-refractivity contribution < 1.29 is 13.2 Å². The van der Waals surface area contributed by atoms with Gasteiger partial charge in [-0.1, -0.05) is 30.3 Å². The Morgan fingerprint density at radius 3 is 2.37 bits per heavy atom. The lowest BCUT2D eigenvalue weighted by Gasteiger charge is -2.08. The average molecular weight is 419 g/mol. The van der Waals surface area contributed by atoms with Gasteiger partial charge < -0.3 is 4.40 Å². The monoisotopic (exact) mass is 418 g/mol. The van der Waals surface area contributed by atoms with Crippen molar-refractivity contribution in [3.63, 3.8) is 0 Å². The van der Waals surface area contributed by atoms with Gasteiger partial charge in [-0.2, -0.15) is 0 Å². The molecule has 4 rings (SSSR count). The van der Waals surface area contributed by atoms with Crippen LogP contribution >= 0.6 is 0 Å². The molecule has 4 aromatic rings. The molecule has 0 bridgehead atoms. The fourth-order valence-corrected chi connectivity index (χ4v) is 4.25. The second kappa shape index (κ2) is 7.54. The van der Waals surface area contributed by atoms with Gasteiger partial charge in [0.2, 0.25) is 0 Å². The minimum Gasteiger partial charge on any atom is -0.306 e. The SMILES string of the molecule is Cc1cc(S(C)(=O)=O)ccc1C(=O)Cc1ccc(-c2cn3cccc(C)c3n2)cc1. The van der Waals surface area contributed by atoms with Crippen molar-refractivity contribution in [2.24, 2.45) is 0 Å². The number of benzene rings is 2. The molecule has 2 heterocycles. The number of hydrogen-bond acceptors (Lipinski definition) is 4. The normalized spacial score (nSPS) is 11.7.